The molecule has 3 N–H and O–H groups in total. The molecule has 4 aromatic carbocycles. The summed E-state index contributed by atoms with van der Waals surface area (Å²) in [5.74, 6) is 0. The topological polar surface area (TPSA) is 105 Å². The molecule has 0 bridgehead atoms. The first-order valence-electron chi connectivity index (χ1n) is 8.13. The van der Waals surface area contributed by atoms with E-state index < -0.39 is 10.1 Å². The fourth-order valence-electron chi connectivity index (χ4n) is 2.99. The molecular weight excluding hydrogens is 362 g/mol. The minimum absolute atomic E-state index is 0.159. The molecule has 134 valence electrons. The Hall–Kier alpha value is -3.29. The summed E-state index contributed by atoms with van der Waals surface area (Å²) in [7, 11) is -4.26. The first-order valence-corrected chi connectivity index (χ1v) is 9.57. The van der Waals surface area contributed by atoms with Crippen LogP contribution in [0.3, 0.4) is 0 Å². The Labute approximate surface area is 155 Å². The van der Waals surface area contributed by atoms with Crippen LogP contribution in [-0.4, -0.2) is 13.0 Å². The molecule has 0 unspecified atom stereocenters. The van der Waals surface area contributed by atoms with Crippen molar-refractivity contribution in [3.8, 4) is 0 Å². The quantitative estimate of drug-likeness (QED) is 0.289. The molecule has 27 heavy (non-hydrogen) atoms. The van der Waals surface area contributed by atoms with Crippen molar-refractivity contribution in [2.75, 3.05) is 5.73 Å². The zero-order valence-corrected chi connectivity index (χ0v) is 14.9. The highest BCUT2D eigenvalue weighted by Crippen LogP contribution is 2.33. The summed E-state index contributed by atoms with van der Waals surface area (Å²) in [5, 5.41) is 11.9. The fourth-order valence-corrected chi connectivity index (χ4v) is 3.51. The van der Waals surface area contributed by atoms with Gasteiger partial charge in [-0.15, -0.1) is 10.2 Å². The molecule has 4 aromatic rings. The molecule has 0 aliphatic heterocycles. The molecule has 0 saturated heterocycles. The smallest absolute Gasteiger partial charge is 0.294 e. The van der Waals surface area contributed by atoms with Gasteiger partial charge in [-0.25, -0.2) is 0 Å². The van der Waals surface area contributed by atoms with E-state index in [1.54, 1.807) is 30.3 Å². The van der Waals surface area contributed by atoms with Crippen LogP contribution in [0.5, 0.6) is 0 Å². The molecule has 4 rings (SSSR count). The molecule has 7 heteroatoms. The van der Waals surface area contributed by atoms with Crippen LogP contribution in [-0.2, 0) is 10.1 Å². The predicted octanol–water partition coefficient (Wildman–Crippen LogP) is 5.24. The summed E-state index contributed by atoms with van der Waals surface area (Å²) < 4.78 is 31.9. The Bertz CT molecular complexity index is 1310. The lowest BCUT2D eigenvalue weighted by Gasteiger charge is -2.05. The number of anilines is 1. The molecule has 0 saturated carbocycles. The van der Waals surface area contributed by atoms with Crippen LogP contribution in [0.25, 0.3) is 21.5 Å². The number of benzene rings is 4. The lowest BCUT2D eigenvalue weighted by molar-refractivity contribution is 0.483. The highest BCUT2D eigenvalue weighted by Gasteiger charge is 2.11. The molecule has 0 amide bonds. The second-order valence-corrected chi connectivity index (χ2v) is 7.48. The Morgan fingerprint density at radius 3 is 2.19 bits per heavy atom. The van der Waals surface area contributed by atoms with E-state index in [4.69, 9.17) is 5.73 Å². The van der Waals surface area contributed by atoms with E-state index in [-0.39, 0.29) is 4.90 Å². The average molecular weight is 377 g/mol. The highest BCUT2D eigenvalue weighted by molar-refractivity contribution is 7.85. The third kappa shape index (κ3) is 3.25. The van der Waals surface area contributed by atoms with Gasteiger partial charge in [0.05, 0.1) is 16.3 Å². The Balaban J connectivity index is 1.81. The van der Waals surface area contributed by atoms with E-state index in [0.717, 1.165) is 16.2 Å². The van der Waals surface area contributed by atoms with Crippen LogP contribution in [0.1, 0.15) is 0 Å². The molecule has 0 aliphatic rings. The van der Waals surface area contributed by atoms with Gasteiger partial charge in [0.25, 0.3) is 10.1 Å². The van der Waals surface area contributed by atoms with Gasteiger partial charge in [0.1, 0.15) is 0 Å². The van der Waals surface area contributed by atoms with Crippen LogP contribution >= 0.6 is 0 Å². The summed E-state index contributed by atoms with van der Waals surface area (Å²) in [6, 6.07) is 20.9. The van der Waals surface area contributed by atoms with Crippen LogP contribution in [0.4, 0.5) is 17.1 Å². The summed E-state index contributed by atoms with van der Waals surface area (Å²) in [5.41, 5.74) is 7.97. The Kier molecular flexibility index (Phi) is 4.10. The van der Waals surface area contributed by atoms with Gasteiger partial charge in [0, 0.05) is 21.8 Å². The van der Waals surface area contributed by atoms with Gasteiger partial charge in [0.15, 0.2) is 0 Å². The maximum atomic E-state index is 11.3. The van der Waals surface area contributed by atoms with Gasteiger partial charge >= 0.3 is 0 Å². The highest BCUT2D eigenvalue weighted by atomic mass is 32.2. The minimum Gasteiger partial charge on any atom is -0.398 e. The van der Waals surface area contributed by atoms with Gasteiger partial charge in [0.2, 0.25) is 0 Å². The second-order valence-electron chi connectivity index (χ2n) is 6.05. The standard InChI is InChI=1S/C20H15N3O3S/c21-18-10-11-20(17-6-2-1-5-16(17)18)23-22-19-7-3-4-13-12-14(27(24,25)26)8-9-15(13)19/h1-12H,21H2,(H,24,25,26)/b23-22+. The van der Waals surface area contributed by atoms with E-state index in [2.05, 4.69) is 10.2 Å². The van der Waals surface area contributed by atoms with E-state index >= 15 is 0 Å². The monoisotopic (exact) mass is 377 g/mol. The molecule has 0 aliphatic carbocycles. The SMILES string of the molecule is Nc1ccc(/N=N/c2cccc3cc(S(=O)(=O)O)ccc23)c2ccccc12. The van der Waals surface area contributed by atoms with E-state index in [0.29, 0.717) is 22.4 Å². The fraction of sp³-hybridized carbons (Fsp3) is 0. The predicted molar refractivity (Wildman–Crippen MR) is 106 cm³/mol. The van der Waals surface area contributed by atoms with Gasteiger partial charge < -0.3 is 5.73 Å². The van der Waals surface area contributed by atoms with Crippen molar-refractivity contribution in [2.45, 2.75) is 4.90 Å². The molecule has 0 spiro atoms. The molecule has 0 atom stereocenters. The van der Waals surface area contributed by atoms with Gasteiger partial charge in [-0.2, -0.15) is 8.42 Å². The third-order valence-corrected chi connectivity index (χ3v) is 5.18. The van der Waals surface area contributed by atoms with Crippen LogP contribution in [0.15, 0.2) is 87.9 Å². The number of nitrogens with zero attached hydrogens (tertiary/aromatic N) is 2. The summed E-state index contributed by atoms with van der Waals surface area (Å²) >= 11 is 0. The zero-order valence-electron chi connectivity index (χ0n) is 14.1. The van der Waals surface area contributed by atoms with Crippen molar-refractivity contribution in [2.24, 2.45) is 10.2 Å². The van der Waals surface area contributed by atoms with Crippen molar-refractivity contribution in [3.05, 3.63) is 72.8 Å². The molecular formula is C20H15N3O3S. The Morgan fingerprint density at radius 1 is 0.741 bits per heavy atom. The summed E-state index contributed by atoms with van der Waals surface area (Å²) in [6.45, 7) is 0. The zero-order chi connectivity index (χ0) is 19.0. The number of rotatable bonds is 3. The lowest BCUT2D eigenvalue weighted by Crippen LogP contribution is -1.97. The number of hydrogen-bond donors (Lipinski definition) is 2. The first-order chi connectivity index (χ1) is 12.9. The van der Waals surface area contributed by atoms with Crippen molar-refractivity contribution < 1.29 is 13.0 Å². The largest absolute Gasteiger partial charge is 0.398 e. The number of fused-ring (bicyclic) bond motifs is 2. The van der Waals surface area contributed by atoms with Gasteiger partial charge in [-0.05, 0) is 35.7 Å². The molecule has 6 nitrogen and oxygen atoms in total. The lowest BCUT2D eigenvalue weighted by atomic mass is 10.1. The van der Waals surface area contributed by atoms with E-state index in [1.807, 2.05) is 30.3 Å². The minimum atomic E-state index is -4.26. The van der Waals surface area contributed by atoms with Gasteiger partial charge in [-0.3, -0.25) is 4.55 Å². The molecule has 0 heterocycles. The third-order valence-electron chi connectivity index (χ3n) is 4.33. The van der Waals surface area contributed by atoms with Crippen molar-refractivity contribution >= 4 is 48.7 Å². The normalized spacial score (nSPS) is 12.2. The molecule has 0 fully saturated rings. The van der Waals surface area contributed by atoms with E-state index in [9.17, 15) is 13.0 Å². The van der Waals surface area contributed by atoms with Crippen LogP contribution in [0, 0.1) is 0 Å². The van der Waals surface area contributed by atoms with E-state index in [1.165, 1.54) is 12.1 Å². The maximum Gasteiger partial charge on any atom is 0.294 e. The summed E-state index contributed by atoms with van der Waals surface area (Å²) in [6.07, 6.45) is 0. The van der Waals surface area contributed by atoms with Gasteiger partial charge in [-0.1, -0.05) is 42.5 Å². The summed E-state index contributed by atoms with van der Waals surface area (Å²) in [4.78, 5) is -0.159. The van der Waals surface area contributed by atoms with Crippen LogP contribution in [0.2, 0.25) is 0 Å². The molecule has 0 aromatic heterocycles. The Morgan fingerprint density at radius 2 is 1.44 bits per heavy atom. The number of nitrogen functional groups attached to an aromatic ring is 1. The van der Waals surface area contributed by atoms with Crippen molar-refractivity contribution in [1.29, 1.82) is 0 Å². The number of hydrogen-bond acceptors (Lipinski definition) is 5. The second kappa shape index (κ2) is 6.46. The number of azo groups is 1. The van der Waals surface area contributed by atoms with Crippen LogP contribution < -0.4 is 5.73 Å². The average Bonchev–Trinajstić information content (AvgIpc) is 2.66. The first kappa shape index (κ1) is 17.1. The van der Waals surface area contributed by atoms with Crippen molar-refractivity contribution in [1.82, 2.24) is 0 Å². The van der Waals surface area contributed by atoms with Crippen molar-refractivity contribution in [3.63, 3.8) is 0 Å². The maximum absolute atomic E-state index is 11.3. The molecule has 0 radical (unpaired) electrons. The number of nitrogens with two attached hydrogens (primary N) is 1.